The number of anilines is 1. The summed E-state index contributed by atoms with van der Waals surface area (Å²) < 4.78 is 5.63. The second-order valence-electron chi connectivity index (χ2n) is 8.50. The quantitative estimate of drug-likeness (QED) is 0.428. The van der Waals surface area contributed by atoms with Gasteiger partial charge in [-0.05, 0) is 43.5 Å². The molecule has 1 aromatic carbocycles. The average molecular weight is 432 g/mol. The molecule has 1 fully saturated rings. The van der Waals surface area contributed by atoms with E-state index in [9.17, 15) is 4.79 Å². The van der Waals surface area contributed by atoms with E-state index in [1.54, 1.807) is 13.3 Å². The van der Waals surface area contributed by atoms with Crippen LogP contribution < -0.4 is 15.4 Å². The van der Waals surface area contributed by atoms with Crippen molar-refractivity contribution in [1.29, 1.82) is 0 Å². The van der Waals surface area contributed by atoms with Crippen molar-refractivity contribution in [1.82, 2.24) is 30.5 Å². The summed E-state index contributed by atoms with van der Waals surface area (Å²) in [7, 11) is 1.61. The van der Waals surface area contributed by atoms with Gasteiger partial charge >= 0.3 is 0 Å². The van der Waals surface area contributed by atoms with Gasteiger partial charge in [0.2, 0.25) is 17.7 Å². The number of H-pyrrole nitrogens is 1. The predicted octanol–water partition coefficient (Wildman–Crippen LogP) is 3.44. The van der Waals surface area contributed by atoms with Crippen LogP contribution in [0.2, 0.25) is 0 Å². The largest absolute Gasteiger partial charge is 0.480 e. The first-order valence-corrected chi connectivity index (χ1v) is 10.7. The Balaban J connectivity index is 1.41. The molecule has 0 radical (unpaired) electrons. The molecule has 1 amide bonds. The van der Waals surface area contributed by atoms with Crippen molar-refractivity contribution in [2.45, 2.75) is 44.7 Å². The number of fused-ring (bicyclic) bond motifs is 2. The zero-order valence-electron chi connectivity index (χ0n) is 18.3. The maximum Gasteiger partial charge on any atom is 0.228 e. The van der Waals surface area contributed by atoms with Crippen molar-refractivity contribution in [2.75, 3.05) is 12.4 Å². The summed E-state index contributed by atoms with van der Waals surface area (Å²) in [4.78, 5) is 24.3. The minimum atomic E-state index is -0.182. The smallest absolute Gasteiger partial charge is 0.228 e. The van der Waals surface area contributed by atoms with E-state index in [2.05, 4.69) is 48.8 Å². The summed E-state index contributed by atoms with van der Waals surface area (Å²) in [5.74, 6) is 1.08. The third-order valence-corrected chi connectivity index (χ3v) is 6.01. The van der Waals surface area contributed by atoms with Gasteiger partial charge in [-0.25, -0.2) is 0 Å². The third-order valence-electron chi connectivity index (χ3n) is 6.01. The number of amides is 1. The summed E-state index contributed by atoms with van der Waals surface area (Å²) in [6, 6.07) is 8.15. The molecule has 164 valence electrons. The Bertz CT molecular complexity index is 1310. The summed E-state index contributed by atoms with van der Waals surface area (Å²) in [6.07, 6.45) is 5.73. The van der Waals surface area contributed by atoms with Crippen molar-refractivity contribution < 1.29 is 9.53 Å². The van der Waals surface area contributed by atoms with Gasteiger partial charge in [-0.3, -0.25) is 4.79 Å². The normalized spacial score (nSPS) is 20.2. The minimum Gasteiger partial charge on any atom is -0.480 e. The lowest BCUT2D eigenvalue weighted by Gasteiger charge is -2.45. The molecule has 1 aliphatic rings. The molecule has 1 aliphatic carbocycles. The van der Waals surface area contributed by atoms with Crippen LogP contribution in [-0.4, -0.2) is 49.7 Å². The van der Waals surface area contributed by atoms with Crippen molar-refractivity contribution in [2.24, 2.45) is 0 Å². The lowest BCUT2D eigenvalue weighted by molar-refractivity contribution is -0.123. The Morgan fingerprint density at radius 2 is 2.12 bits per heavy atom. The number of aromatic amines is 1. The van der Waals surface area contributed by atoms with Gasteiger partial charge in [0.15, 0.2) is 0 Å². The van der Waals surface area contributed by atoms with Crippen LogP contribution in [0.25, 0.3) is 33.1 Å². The number of ether oxygens (including phenoxy) is 1. The second-order valence-corrected chi connectivity index (χ2v) is 8.50. The lowest BCUT2D eigenvalue weighted by atomic mass is 9.74. The van der Waals surface area contributed by atoms with Crippen molar-refractivity contribution in [3.63, 3.8) is 0 Å². The second kappa shape index (κ2) is 7.74. The molecule has 9 heteroatoms. The van der Waals surface area contributed by atoms with Crippen molar-refractivity contribution in [3.8, 4) is 17.0 Å². The van der Waals surface area contributed by atoms with Crippen LogP contribution >= 0.6 is 0 Å². The molecule has 9 nitrogen and oxygen atoms in total. The number of nitrogens with one attached hydrogen (secondary N) is 3. The number of benzene rings is 1. The number of hydrogen-bond acceptors (Lipinski definition) is 7. The van der Waals surface area contributed by atoms with E-state index in [1.165, 1.54) is 0 Å². The molecule has 5 rings (SSSR count). The Morgan fingerprint density at radius 1 is 1.28 bits per heavy atom. The molecule has 0 bridgehead atoms. The van der Waals surface area contributed by atoms with Crippen LogP contribution in [0, 0.1) is 0 Å². The number of nitrogens with zero attached hydrogens (tertiary/aromatic N) is 4. The molecule has 32 heavy (non-hydrogen) atoms. The van der Waals surface area contributed by atoms with Gasteiger partial charge in [0, 0.05) is 35.1 Å². The van der Waals surface area contributed by atoms with Crippen LogP contribution in [0.5, 0.6) is 5.88 Å². The Hall–Kier alpha value is -3.75. The summed E-state index contributed by atoms with van der Waals surface area (Å²) >= 11 is 0. The van der Waals surface area contributed by atoms with Gasteiger partial charge in [0.1, 0.15) is 5.65 Å². The maximum absolute atomic E-state index is 11.7. The zero-order chi connectivity index (χ0) is 22.3. The fraction of sp³-hybridized carbons (Fsp3) is 0.348. The molecular formula is C23H25N7O2. The highest BCUT2D eigenvalue weighted by molar-refractivity contribution is 5.99. The highest BCUT2D eigenvalue weighted by atomic mass is 16.5. The maximum atomic E-state index is 11.7. The molecular weight excluding hydrogens is 406 g/mol. The number of methoxy groups -OCH3 is 1. The monoisotopic (exact) mass is 431 g/mol. The molecule has 0 spiro atoms. The topological polar surface area (TPSA) is 118 Å². The molecule has 0 unspecified atom stereocenters. The first-order valence-electron chi connectivity index (χ1n) is 10.7. The predicted molar refractivity (Wildman–Crippen MR) is 122 cm³/mol. The fourth-order valence-electron chi connectivity index (χ4n) is 4.44. The van der Waals surface area contributed by atoms with Crippen LogP contribution in [-0.2, 0) is 4.79 Å². The van der Waals surface area contributed by atoms with E-state index in [4.69, 9.17) is 4.74 Å². The van der Waals surface area contributed by atoms with E-state index in [-0.39, 0.29) is 17.5 Å². The highest BCUT2D eigenvalue weighted by Crippen LogP contribution is 2.37. The summed E-state index contributed by atoms with van der Waals surface area (Å²) in [5, 5.41) is 16.4. The lowest BCUT2D eigenvalue weighted by Crippen LogP contribution is -2.59. The van der Waals surface area contributed by atoms with Crippen LogP contribution in [0.3, 0.4) is 0 Å². The molecule has 1 saturated carbocycles. The first-order chi connectivity index (χ1) is 15.5. The van der Waals surface area contributed by atoms with Crippen molar-refractivity contribution in [3.05, 3.63) is 36.7 Å². The van der Waals surface area contributed by atoms with E-state index in [0.29, 0.717) is 23.9 Å². The fourth-order valence-corrected chi connectivity index (χ4v) is 4.44. The molecule has 3 heterocycles. The van der Waals surface area contributed by atoms with Gasteiger partial charge in [-0.1, -0.05) is 13.0 Å². The minimum absolute atomic E-state index is 0.0740. The molecule has 0 aliphatic heterocycles. The Kier molecular flexibility index (Phi) is 4.88. The Morgan fingerprint density at radius 3 is 2.91 bits per heavy atom. The SMILES string of the molecule is CCC(=O)N[C@]1(C)C[C@H](Nc2nc(OC)c3c(-c4ccc5nnccc5c4)c[nH]c3n2)C1. The van der Waals surface area contributed by atoms with E-state index >= 15 is 0 Å². The molecule has 0 saturated heterocycles. The van der Waals surface area contributed by atoms with Gasteiger partial charge in [-0.15, -0.1) is 0 Å². The highest BCUT2D eigenvalue weighted by Gasteiger charge is 2.41. The molecule has 0 atom stereocenters. The molecule has 3 N–H and O–H groups in total. The van der Waals surface area contributed by atoms with Gasteiger partial charge < -0.3 is 20.4 Å². The van der Waals surface area contributed by atoms with E-state index in [0.717, 1.165) is 40.3 Å². The van der Waals surface area contributed by atoms with Gasteiger partial charge in [0.05, 0.1) is 24.2 Å². The zero-order valence-corrected chi connectivity index (χ0v) is 18.3. The van der Waals surface area contributed by atoms with E-state index < -0.39 is 0 Å². The number of carbonyl (C=O) groups is 1. The molecule has 4 aromatic rings. The number of hydrogen-bond donors (Lipinski definition) is 3. The van der Waals surface area contributed by atoms with Gasteiger partial charge in [-0.2, -0.15) is 20.2 Å². The van der Waals surface area contributed by atoms with E-state index in [1.807, 2.05) is 31.3 Å². The third kappa shape index (κ3) is 3.59. The molecule has 3 aromatic heterocycles. The standard InChI is InChI=1S/C23H25N7O2/c1-4-18(31)29-23(2)10-15(11-23)26-22-27-20-19(21(28-22)32-3)16(12-24-20)13-5-6-17-14(9-13)7-8-25-30-17/h5-9,12,15H,4,10-11H2,1-3H3,(H,29,31)(H2,24,26,27,28)/t15-,23+. The summed E-state index contributed by atoms with van der Waals surface area (Å²) in [5.41, 5.74) is 3.33. The Labute approximate surface area is 185 Å². The number of aromatic nitrogens is 5. The van der Waals surface area contributed by atoms with Crippen LogP contribution in [0.15, 0.2) is 36.7 Å². The number of carbonyl (C=O) groups excluding carboxylic acids is 1. The van der Waals surface area contributed by atoms with Crippen molar-refractivity contribution >= 4 is 33.8 Å². The van der Waals surface area contributed by atoms with Crippen LogP contribution in [0.4, 0.5) is 5.95 Å². The van der Waals surface area contributed by atoms with Gasteiger partial charge in [0.25, 0.3) is 0 Å². The van der Waals surface area contributed by atoms with Crippen LogP contribution in [0.1, 0.15) is 33.1 Å². The number of rotatable bonds is 6. The summed E-state index contributed by atoms with van der Waals surface area (Å²) in [6.45, 7) is 3.93. The average Bonchev–Trinajstić information content (AvgIpc) is 3.21. The first kappa shape index (κ1) is 20.2.